The Labute approximate surface area is 70.5 Å². The number of nitrogens with zero attached hydrogens (tertiary/aromatic N) is 1. The third-order valence-electron chi connectivity index (χ3n) is 1.82. The fraction of sp³-hybridized carbons (Fsp3) is 0.125. The van der Waals surface area contributed by atoms with Crippen LogP contribution in [0.15, 0.2) is 24.4 Å². The zero-order valence-electron chi connectivity index (χ0n) is 6.44. The summed E-state index contributed by atoms with van der Waals surface area (Å²) >= 11 is 0. The van der Waals surface area contributed by atoms with Gasteiger partial charge in [-0.05, 0) is 29.6 Å². The molecule has 1 aromatic heterocycles. The lowest BCUT2D eigenvalue weighted by Gasteiger charge is -1.99. The van der Waals surface area contributed by atoms with Gasteiger partial charge in [-0.1, -0.05) is 6.08 Å². The number of rotatable bonds is 2. The van der Waals surface area contributed by atoms with Crippen molar-refractivity contribution >= 4 is 18.2 Å². The van der Waals surface area contributed by atoms with Crippen molar-refractivity contribution in [1.29, 1.82) is 0 Å². The second-order valence-corrected chi connectivity index (χ2v) is 2.78. The molecule has 1 aliphatic carbocycles. The highest BCUT2D eigenvalue weighted by atomic mass is 16.4. The molecule has 60 valence electrons. The topological polar surface area (TPSA) is 53.4 Å². The predicted octanol–water partition coefficient (Wildman–Crippen LogP) is -0.452. The van der Waals surface area contributed by atoms with Crippen LogP contribution in [0.4, 0.5) is 0 Å². The molecule has 0 atom stereocenters. The molecule has 4 heteroatoms. The standard InChI is InChI=1S/C8H8BNO2/c11-9(12)7-3-4-10-8(5-7)6-1-2-6/h1,3-5,11-12H,2H2. The van der Waals surface area contributed by atoms with Gasteiger partial charge in [0.2, 0.25) is 0 Å². The Bertz CT molecular complexity index is 336. The Kier molecular flexibility index (Phi) is 1.71. The molecule has 1 heterocycles. The molecule has 3 nitrogen and oxygen atoms in total. The molecular formula is C8H8BNO2. The highest BCUT2D eigenvalue weighted by Crippen LogP contribution is 2.28. The molecule has 1 aliphatic rings. The maximum absolute atomic E-state index is 8.86. The molecule has 0 unspecified atom stereocenters. The van der Waals surface area contributed by atoms with Gasteiger partial charge in [0.05, 0.1) is 5.69 Å². The fourth-order valence-corrected chi connectivity index (χ4v) is 1.04. The summed E-state index contributed by atoms with van der Waals surface area (Å²) in [5.41, 5.74) is 2.52. The van der Waals surface area contributed by atoms with Crippen LogP contribution in [0.25, 0.3) is 5.57 Å². The van der Waals surface area contributed by atoms with E-state index in [9.17, 15) is 0 Å². The summed E-state index contributed by atoms with van der Waals surface area (Å²) in [5, 5.41) is 17.7. The first-order chi connectivity index (χ1) is 5.77. The number of pyridine rings is 1. The second-order valence-electron chi connectivity index (χ2n) is 2.78. The number of aromatic nitrogens is 1. The van der Waals surface area contributed by atoms with Crippen LogP contribution >= 0.6 is 0 Å². The van der Waals surface area contributed by atoms with Gasteiger partial charge >= 0.3 is 7.12 Å². The molecule has 0 saturated carbocycles. The van der Waals surface area contributed by atoms with E-state index < -0.39 is 7.12 Å². The van der Waals surface area contributed by atoms with Crippen LogP contribution in [0.3, 0.4) is 0 Å². The Morgan fingerprint density at radius 2 is 2.17 bits per heavy atom. The lowest BCUT2D eigenvalue weighted by Crippen LogP contribution is -2.30. The minimum Gasteiger partial charge on any atom is -0.423 e. The van der Waals surface area contributed by atoms with Crippen molar-refractivity contribution in [3.8, 4) is 0 Å². The van der Waals surface area contributed by atoms with Crippen molar-refractivity contribution in [1.82, 2.24) is 4.98 Å². The van der Waals surface area contributed by atoms with Crippen molar-refractivity contribution in [2.24, 2.45) is 0 Å². The Morgan fingerprint density at radius 3 is 2.75 bits per heavy atom. The molecule has 0 aromatic carbocycles. The molecule has 0 radical (unpaired) electrons. The molecule has 2 N–H and O–H groups in total. The lowest BCUT2D eigenvalue weighted by atomic mass is 9.80. The van der Waals surface area contributed by atoms with Gasteiger partial charge < -0.3 is 10.0 Å². The van der Waals surface area contributed by atoms with Crippen molar-refractivity contribution in [3.63, 3.8) is 0 Å². The van der Waals surface area contributed by atoms with E-state index in [0.717, 1.165) is 12.1 Å². The van der Waals surface area contributed by atoms with Crippen LogP contribution in [0.2, 0.25) is 0 Å². The fourth-order valence-electron chi connectivity index (χ4n) is 1.04. The van der Waals surface area contributed by atoms with Crippen LogP contribution in [-0.4, -0.2) is 22.2 Å². The Balaban J connectivity index is 2.33. The van der Waals surface area contributed by atoms with Crippen molar-refractivity contribution < 1.29 is 10.0 Å². The van der Waals surface area contributed by atoms with Crippen molar-refractivity contribution in [3.05, 3.63) is 30.1 Å². The summed E-state index contributed by atoms with van der Waals surface area (Å²) in [6.45, 7) is 0. The summed E-state index contributed by atoms with van der Waals surface area (Å²) in [6, 6.07) is 3.29. The van der Waals surface area contributed by atoms with Crippen LogP contribution < -0.4 is 5.46 Å². The highest BCUT2D eigenvalue weighted by Gasteiger charge is 2.15. The highest BCUT2D eigenvalue weighted by molar-refractivity contribution is 6.58. The molecule has 0 amide bonds. The maximum Gasteiger partial charge on any atom is 0.488 e. The smallest absolute Gasteiger partial charge is 0.423 e. The first-order valence-electron chi connectivity index (χ1n) is 3.79. The van der Waals surface area contributed by atoms with Crippen LogP contribution in [-0.2, 0) is 0 Å². The van der Waals surface area contributed by atoms with Gasteiger partial charge in [0.1, 0.15) is 0 Å². The molecule has 0 bridgehead atoms. The second kappa shape index (κ2) is 2.73. The summed E-state index contributed by atoms with van der Waals surface area (Å²) in [5.74, 6) is 0. The van der Waals surface area contributed by atoms with Gasteiger partial charge in [0.15, 0.2) is 0 Å². The van der Waals surface area contributed by atoms with Gasteiger partial charge in [-0.2, -0.15) is 0 Å². The summed E-state index contributed by atoms with van der Waals surface area (Å²) in [6.07, 6.45) is 4.61. The lowest BCUT2D eigenvalue weighted by molar-refractivity contribution is 0.425. The normalized spacial score (nSPS) is 14.0. The van der Waals surface area contributed by atoms with E-state index >= 15 is 0 Å². The largest absolute Gasteiger partial charge is 0.488 e. The average molecular weight is 161 g/mol. The molecule has 0 aliphatic heterocycles. The zero-order valence-corrected chi connectivity index (χ0v) is 6.44. The quantitative estimate of drug-likeness (QED) is 0.577. The van der Waals surface area contributed by atoms with Gasteiger partial charge in [-0.3, -0.25) is 4.98 Å². The monoisotopic (exact) mass is 161 g/mol. The van der Waals surface area contributed by atoms with Crippen LogP contribution in [0.1, 0.15) is 12.1 Å². The van der Waals surface area contributed by atoms with Gasteiger partial charge in [-0.25, -0.2) is 0 Å². The predicted molar refractivity (Wildman–Crippen MR) is 46.7 cm³/mol. The van der Waals surface area contributed by atoms with E-state index in [2.05, 4.69) is 11.1 Å². The Hall–Kier alpha value is -1.13. The summed E-state index contributed by atoms with van der Waals surface area (Å²) in [4.78, 5) is 4.09. The number of hydrogen-bond acceptors (Lipinski definition) is 3. The molecular weight excluding hydrogens is 153 g/mol. The van der Waals surface area contributed by atoms with E-state index in [1.165, 1.54) is 5.57 Å². The van der Waals surface area contributed by atoms with E-state index in [4.69, 9.17) is 10.0 Å². The van der Waals surface area contributed by atoms with Crippen molar-refractivity contribution in [2.75, 3.05) is 0 Å². The minimum atomic E-state index is -1.40. The van der Waals surface area contributed by atoms with E-state index in [-0.39, 0.29) is 0 Å². The number of allylic oxidation sites excluding steroid dienone is 2. The third-order valence-corrected chi connectivity index (χ3v) is 1.82. The SMILES string of the molecule is OB(O)c1ccnc(C2=CC2)c1. The molecule has 1 aromatic rings. The molecule has 0 saturated heterocycles. The molecule has 2 rings (SSSR count). The first-order valence-corrected chi connectivity index (χ1v) is 3.79. The van der Waals surface area contributed by atoms with Gasteiger partial charge in [0, 0.05) is 6.20 Å². The van der Waals surface area contributed by atoms with E-state index in [1.54, 1.807) is 18.3 Å². The molecule has 0 spiro atoms. The van der Waals surface area contributed by atoms with Gasteiger partial charge in [-0.15, -0.1) is 0 Å². The van der Waals surface area contributed by atoms with Crippen molar-refractivity contribution in [2.45, 2.75) is 6.42 Å². The molecule has 12 heavy (non-hydrogen) atoms. The van der Waals surface area contributed by atoms with Crippen LogP contribution in [0, 0.1) is 0 Å². The first kappa shape index (κ1) is 7.52. The molecule has 0 fully saturated rings. The summed E-state index contributed by atoms with van der Waals surface area (Å²) < 4.78 is 0. The maximum atomic E-state index is 8.86. The van der Waals surface area contributed by atoms with Gasteiger partial charge in [0.25, 0.3) is 0 Å². The van der Waals surface area contributed by atoms with E-state index in [0.29, 0.717) is 5.46 Å². The van der Waals surface area contributed by atoms with Crippen LogP contribution in [0.5, 0.6) is 0 Å². The zero-order chi connectivity index (χ0) is 8.55. The van der Waals surface area contributed by atoms with E-state index in [1.807, 2.05) is 0 Å². The third kappa shape index (κ3) is 1.39. The summed E-state index contributed by atoms with van der Waals surface area (Å²) in [7, 11) is -1.40. The number of hydrogen-bond donors (Lipinski definition) is 2. The average Bonchev–Trinajstić information content (AvgIpc) is 2.87. The minimum absolute atomic E-state index is 0.493. The Morgan fingerprint density at radius 1 is 1.42 bits per heavy atom.